The highest BCUT2D eigenvalue weighted by molar-refractivity contribution is 6.46. The van der Waals surface area contributed by atoms with Crippen molar-refractivity contribution in [2.24, 2.45) is 0 Å². The molecule has 1 aliphatic rings. The van der Waals surface area contributed by atoms with Gasteiger partial charge in [0.1, 0.15) is 5.70 Å². The molecule has 5 nitrogen and oxygen atoms in total. The Kier molecular flexibility index (Phi) is 6.28. The first-order valence-electron chi connectivity index (χ1n) is 11.8. The minimum absolute atomic E-state index is 0.0236. The molecule has 1 N–H and O–H groups in total. The van der Waals surface area contributed by atoms with Crippen molar-refractivity contribution in [3.05, 3.63) is 94.7 Å². The van der Waals surface area contributed by atoms with E-state index in [1.807, 2.05) is 81.4 Å². The quantitative estimate of drug-likeness (QED) is 0.463. The fourth-order valence-corrected chi connectivity index (χ4v) is 4.15. The van der Waals surface area contributed by atoms with Crippen LogP contribution in [0.1, 0.15) is 43.0 Å². The van der Waals surface area contributed by atoms with Gasteiger partial charge < -0.3 is 10.2 Å². The summed E-state index contributed by atoms with van der Waals surface area (Å²) in [6.45, 7) is 10.5. The van der Waals surface area contributed by atoms with Crippen LogP contribution in [-0.4, -0.2) is 25.9 Å². The molecule has 2 amide bonds. The highest BCUT2D eigenvalue weighted by atomic mass is 16.2. The molecule has 0 aliphatic carbocycles. The van der Waals surface area contributed by atoms with Crippen LogP contribution in [-0.2, 0) is 15.0 Å². The van der Waals surface area contributed by atoms with Crippen molar-refractivity contribution >= 4 is 34.4 Å². The first kappa shape index (κ1) is 24.3. The summed E-state index contributed by atoms with van der Waals surface area (Å²) in [4.78, 5) is 30.7. The monoisotopic (exact) mass is 467 g/mol. The zero-order chi connectivity index (χ0) is 25.5. The molecule has 0 aromatic heterocycles. The SMILES string of the molecule is Cc1ccc(C2=C(Nc3ccc(C(C)(C)C)cc3)C(=O)N(c3cccc(N(C)C)c3)C2=O)cc1C. The summed E-state index contributed by atoms with van der Waals surface area (Å²) in [5.74, 6) is -0.693. The van der Waals surface area contributed by atoms with Crippen LogP contribution in [0, 0.1) is 13.8 Å². The number of hydrogen-bond donors (Lipinski definition) is 1. The third kappa shape index (κ3) is 4.72. The standard InChI is InChI=1S/C30H33N3O2/c1-19-11-12-21(17-20(19)2)26-27(31-23-15-13-22(14-16-23)30(3,4)5)29(35)33(28(26)34)25-10-8-9-24(18-25)32(6)7/h8-18,31H,1-7H3. The van der Waals surface area contributed by atoms with E-state index in [1.165, 1.54) is 10.5 Å². The number of anilines is 3. The van der Waals surface area contributed by atoms with Gasteiger partial charge in [0.05, 0.1) is 11.3 Å². The van der Waals surface area contributed by atoms with E-state index in [4.69, 9.17) is 0 Å². The van der Waals surface area contributed by atoms with Gasteiger partial charge in [-0.05, 0) is 71.8 Å². The average molecular weight is 468 g/mol. The molecule has 0 unspecified atom stereocenters. The Morgan fingerprint density at radius 3 is 2.09 bits per heavy atom. The van der Waals surface area contributed by atoms with E-state index in [0.717, 1.165) is 28.1 Å². The Bertz CT molecular complexity index is 1330. The summed E-state index contributed by atoms with van der Waals surface area (Å²) in [6, 6.07) is 21.3. The maximum Gasteiger partial charge on any atom is 0.282 e. The lowest BCUT2D eigenvalue weighted by Crippen LogP contribution is -2.32. The van der Waals surface area contributed by atoms with E-state index in [9.17, 15) is 9.59 Å². The Morgan fingerprint density at radius 2 is 1.49 bits per heavy atom. The van der Waals surface area contributed by atoms with Crippen LogP contribution in [0.25, 0.3) is 5.57 Å². The predicted molar refractivity (Wildman–Crippen MR) is 145 cm³/mol. The molecular formula is C30H33N3O2. The molecular weight excluding hydrogens is 434 g/mol. The second-order valence-corrected chi connectivity index (χ2v) is 10.4. The average Bonchev–Trinajstić information content (AvgIpc) is 3.04. The van der Waals surface area contributed by atoms with Crippen LogP contribution in [0.15, 0.2) is 72.4 Å². The van der Waals surface area contributed by atoms with Crippen LogP contribution in [0.5, 0.6) is 0 Å². The molecule has 1 aliphatic heterocycles. The first-order valence-corrected chi connectivity index (χ1v) is 11.8. The van der Waals surface area contributed by atoms with Crippen LogP contribution < -0.4 is 15.1 Å². The van der Waals surface area contributed by atoms with Gasteiger partial charge in [0, 0.05) is 25.5 Å². The fourth-order valence-electron chi connectivity index (χ4n) is 4.15. The van der Waals surface area contributed by atoms with E-state index in [0.29, 0.717) is 11.3 Å². The molecule has 3 aromatic rings. The minimum Gasteiger partial charge on any atom is -0.378 e. The zero-order valence-electron chi connectivity index (χ0n) is 21.6. The minimum atomic E-state index is -0.362. The van der Waals surface area contributed by atoms with Crippen molar-refractivity contribution < 1.29 is 9.59 Å². The second kappa shape index (κ2) is 9.06. The van der Waals surface area contributed by atoms with Crippen molar-refractivity contribution in [1.29, 1.82) is 0 Å². The molecule has 0 atom stereocenters. The van der Waals surface area contributed by atoms with Gasteiger partial charge in [-0.25, -0.2) is 4.90 Å². The number of carbonyl (C=O) groups is 2. The molecule has 0 bridgehead atoms. The third-order valence-electron chi connectivity index (χ3n) is 6.50. The van der Waals surface area contributed by atoms with Crippen LogP contribution in [0.2, 0.25) is 0 Å². The lowest BCUT2D eigenvalue weighted by molar-refractivity contribution is -0.120. The van der Waals surface area contributed by atoms with Gasteiger partial charge in [0.15, 0.2) is 0 Å². The fraction of sp³-hybridized carbons (Fsp3) is 0.267. The lowest BCUT2D eigenvalue weighted by Gasteiger charge is -2.20. The van der Waals surface area contributed by atoms with Gasteiger partial charge >= 0.3 is 0 Å². The topological polar surface area (TPSA) is 52.7 Å². The maximum absolute atomic E-state index is 13.8. The summed E-state index contributed by atoms with van der Waals surface area (Å²) < 4.78 is 0. The number of nitrogens with zero attached hydrogens (tertiary/aromatic N) is 2. The van der Waals surface area contributed by atoms with Gasteiger partial charge in [-0.15, -0.1) is 0 Å². The van der Waals surface area contributed by atoms with Crippen molar-refractivity contribution in [2.45, 2.75) is 40.0 Å². The third-order valence-corrected chi connectivity index (χ3v) is 6.50. The van der Waals surface area contributed by atoms with Crippen LogP contribution in [0.4, 0.5) is 17.1 Å². The van der Waals surface area contributed by atoms with Crippen molar-refractivity contribution in [3.63, 3.8) is 0 Å². The summed E-state index contributed by atoms with van der Waals surface area (Å²) in [6.07, 6.45) is 0. The number of amides is 2. The molecule has 0 spiro atoms. The summed E-state index contributed by atoms with van der Waals surface area (Å²) in [7, 11) is 3.86. The van der Waals surface area contributed by atoms with Gasteiger partial charge in [0.2, 0.25) is 0 Å². The smallest absolute Gasteiger partial charge is 0.282 e. The Balaban J connectivity index is 1.80. The Morgan fingerprint density at radius 1 is 0.800 bits per heavy atom. The number of hydrogen-bond acceptors (Lipinski definition) is 4. The lowest BCUT2D eigenvalue weighted by atomic mass is 9.87. The molecule has 35 heavy (non-hydrogen) atoms. The molecule has 4 rings (SSSR count). The zero-order valence-corrected chi connectivity index (χ0v) is 21.6. The normalized spacial score (nSPS) is 14.1. The van der Waals surface area contributed by atoms with E-state index in [2.05, 4.69) is 38.2 Å². The number of rotatable bonds is 5. The number of aryl methyl sites for hydroxylation is 2. The highest BCUT2D eigenvalue weighted by Gasteiger charge is 2.40. The highest BCUT2D eigenvalue weighted by Crippen LogP contribution is 2.35. The first-order chi connectivity index (χ1) is 16.5. The van der Waals surface area contributed by atoms with Crippen LogP contribution >= 0.6 is 0 Å². The number of imide groups is 1. The van der Waals surface area contributed by atoms with Gasteiger partial charge in [-0.1, -0.05) is 57.2 Å². The Labute approximate surface area is 208 Å². The summed E-state index contributed by atoms with van der Waals surface area (Å²) in [5.41, 5.74) is 7.04. The molecule has 1 heterocycles. The molecule has 5 heteroatoms. The maximum atomic E-state index is 13.8. The molecule has 180 valence electrons. The molecule has 0 saturated heterocycles. The summed E-state index contributed by atoms with van der Waals surface area (Å²) >= 11 is 0. The number of nitrogens with one attached hydrogen (secondary N) is 1. The van der Waals surface area contributed by atoms with E-state index in [-0.39, 0.29) is 22.9 Å². The predicted octanol–water partition coefficient (Wildman–Crippen LogP) is 6.06. The molecule has 0 radical (unpaired) electrons. The summed E-state index contributed by atoms with van der Waals surface area (Å²) in [5, 5.41) is 3.28. The molecule has 0 saturated carbocycles. The Hall–Kier alpha value is -3.86. The van der Waals surface area contributed by atoms with E-state index >= 15 is 0 Å². The van der Waals surface area contributed by atoms with Crippen molar-refractivity contribution in [3.8, 4) is 0 Å². The second-order valence-electron chi connectivity index (χ2n) is 10.4. The number of benzene rings is 3. The molecule has 3 aromatic carbocycles. The van der Waals surface area contributed by atoms with Crippen molar-refractivity contribution in [2.75, 3.05) is 29.2 Å². The van der Waals surface area contributed by atoms with Crippen molar-refractivity contribution in [1.82, 2.24) is 0 Å². The van der Waals surface area contributed by atoms with Gasteiger partial charge in [-0.2, -0.15) is 0 Å². The largest absolute Gasteiger partial charge is 0.378 e. The van der Waals surface area contributed by atoms with Gasteiger partial charge in [0.25, 0.3) is 11.8 Å². The van der Waals surface area contributed by atoms with E-state index in [1.54, 1.807) is 6.07 Å². The van der Waals surface area contributed by atoms with Crippen LogP contribution in [0.3, 0.4) is 0 Å². The van der Waals surface area contributed by atoms with Gasteiger partial charge in [-0.3, -0.25) is 9.59 Å². The number of carbonyl (C=O) groups excluding carboxylic acids is 2. The molecule has 0 fully saturated rings. The van der Waals surface area contributed by atoms with E-state index < -0.39 is 0 Å².